The number of hydrogen-bond donors (Lipinski definition) is 2. The van der Waals surface area contributed by atoms with Crippen molar-refractivity contribution in [2.24, 2.45) is 5.41 Å². The topological polar surface area (TPSA) is 49.3 Å². The molecule has 0 radical (unpaired) electrons. The predicted octanol–water partition coefficient (Wildman–Crippen LogP) is 3.46. The second-order valence-electron chi connectivity index (χ2n) is 5.53. The lowest BCUT2D eigenvalue weighted by molar-refractivity contribution is 0.0898. The van der Waals surface area contributed by atoms with Crippen molar-refractivity contribution in [1.29, 1.82) is 0 Å². The third-order valence-corrected chi connectivity index (χ3v) is 3.41. The van der Waals surface area contributed by atoms with Crippen molar-refractivity contribution in [3.63, 3.8) is 0 Å². The number of aromatic hydroxyl groups is 1. The Balaban J connectivity index is 2.88. The number of alkyl halides is 1. The van der Waals surface area contributed by atoms with Gasteiger partial charge in [-0.1, -0.05) is 36.7 Å². The van der Waals surface area contributed by atoms with Crippen molar-refractivity contribution in [3.8, 4) is 5.75 Å². The Morgan fingerprint density at radius 3 is 2.58 bits per heavy atom. The van der Waals surface area contributed by atoms with E-state index in [1.807, 2.05) is 20.8 Å². The molecule has 0 saturated heterocycles. The highest BCUT2D eigenvalue weighted by Gasteiger charge is 2.26. The van der Waals surface area contributed by atoms with Gasteiger partial charge in [0, 0.05) is 17.4 Å². The van der Waals surface area contributed by atoms with Crippen molar-refractivity contribution in [2.75, 3.05) is 5.33 Å². The maximum absolute atomic E-state index is 12.9. The lowest BCUT2D eigenvalue weighted by Crippen LogP contribution is -2.44. The van der Waals surface area contributed by atoms with Crippen molar-refractivity contribution in [3.05, 3.63) is 29.6 Å². The molecular formula is C14H19BrFNO2. The first-order valence-electron chi connectivity index (χ1n) is 6.11. The highest BCUT2D eigenvalue weighted by atomic mass is 79.9. The summed E-state index contributed by atoms with van der Waals surface area (Å²) in [5.74, 6) is -1.30. The Bertz CT molecular complexity index is 457. The highest BCUT2D eigenvalue weighted by Crippen LogP contribution is 2.24. The zero-order valence-corrected chi connectivity index (χ0v) is 12.9. The third kappa shape index (κ3) is 4.49. The number of rotatable bonds is 4. The van der Waals surface area contributed by atoms with Crippen LogP contribution in [0.2, 0.25) is 0 Å². The summed E-state index contributed by atoms with van der Waals surface area (Å²) < 4.78 is 12.9. The molecule has 0 aliphatic carbocycles. The van der Waals surface area contributed by atoms with Gasteiger partial charge in [-0.15, -0.1) is 0 Å². The molecule has 0 bridgehead atoms. The standard InChI is InChI=1S/C14H19BrFNO2/c1-14(2,3)12(6-7-15)17-13(19)10-5-4-9(16)8-11(10)18/h4-5,8,12,18H,6-7H2,1-3H3,(H,17,19). The fourth-order valence-corrected chi connectivity index (χ4v) is 2.22. The van der Waals surface area contributed by atoms with Crippen molar-refractivity contribution in [2.45, 2.75) is 33.2 Å². The fourth-order valence-electron chi connectivity index (χ4n) is 1.76. The Kier molecular flexibility index (Phi) is 5.35. The van der Waals surface area contributed by atoms with Gasteiger partial charge in [-0.25, -0.2) is 4.39 Å². The number of hydrogen-bond acceptors (Lipinski definition) is 2. The Morgan fingerprint density at radius 2 is 2.11 bits per heavy atom. The summed E-state index contributed by atoms with van der Waals surface area (Å²) in [5, 5.41) is 13.2. The lowest BCUT2D eigenvalue weighted by atomic mass is 9.85. The zero-order valence-electron chi connectivity index (χ0n) is 11.3. The summed E-state index contributed by atoms with van der Waals surface area (Å²) in [6.07, 6.45) is 0.775. The van der Waals surface area contributed by atoms with Gasteiger partial charge in [0.1, 0.15) is 11.6 Å². The molecule has 0 aliphatic heterocycles. The molecule has 0 saturated carbocycles. The fraction of sp³-hybridized carbons (Fsp3) is 0.500. The van der Waals surface area contributed by atoms with Crippen molar-refractivity contribution < 1.29 is 14.3 Å². The van der Waals surface area contributed by atoms with Crippen LogP contribution in [0.5, 0.6) is 5.75 Å². The molecule has 5 heteroatoms. The van der Waals surface area contributed by atoms with Gasteiger partial charge in [0.25, 0.3) is 5.91 Å². The van der Waals surface area contributed by atoms with E-state index in [2.05, 4.69) is 21.2 Å². The molecule has 0 heterocycles. The number of carbonyl (C=O) groups excluding carboxylic acids is 1. The second kappa shape index (κ2) is 6.37. The third-order valence-electron chi connectivity index (χ3n) is 2.95. The molecule has 19 heavy (non-hydrogen) atoms. The van der Waals surface area contributed by atoms with Crippen LogP contribution in [0.15, 0.2) is 18.2 Å². The minimum absolute atomic E-state index is 0.0381. The van der Waals surface area contributed by atoms with E-state index in [0.717, 1.165) is 23.9 Å². The predicted molar refractivity (Wildman–Crippen MR) is 77.2 cm³/mol. The summed E-state index contributed by atoms with van der Waals surface area (Å²) in [6, 6.07) is 3.34. The second-order valence-corrected chi connectivity index (χ2v) is 6.32. The van der Waals surface area contributed by atoms with Crippen LogP contribution in [0.1, 0.15) is 37.6 Å². The maximum Gasteiger partial charge on any atom is 0.255 e. The first-order valence-corrected chi connectivity index (χ1v) is 7.23. The normalized spacial score (nSPS) is 13.1. The minimum atomic E-state index is -0.568. The summed E-state index contributed by atoms with van der Waals surface area (Å²) in [7, 11) is 0. The van der Waals surface area contributed by atoms with Crippen LogP contribution < -0.4 is 5.32 Å². The summed E-state index contributed by atoms with van der Waals surface area (Å²) in [6.45, 7) is 6.10. The number of benzene rings is 1. The van der Waals surface area contributed by atoms with E-state index < -0.39 is 11.7 Å². The van der Waals surface area contributed by atoms with Crippen LogP contribution in [0.25, 0.3) is 0 Å². The molecule has 3 nitrogen and oxygen atoms in total. The van der Waals surface area contributed by atoms with Crippen LogP contribution in [-0.4, -0.2) is 22.4 Å². The molecule has 0 spiro atoms. The molecule has 1 atom stereocenters. The van der Waals surface area contributed by atoms with E-state index in [-0.39, 0.29) is 22.8 Å². The summed E-state index contributed by atoms with van der Waals surface area (Å²) >= 11 is 3.36. The number of phenolic OH excluding ortho intramolecular Hbond substituents is 1. The highest BCUT2D eigenvalue weighted by molar-refractivity contribution is 9.09. The molecule has 2 N–H and O–H groups in total. The Hall–Kier alpha value is -1.10. The summed E-state index contributed by atoms with van der Waals surface area (Å²) in [4.78, 5) is 12.1. The van der Waals surface area contributed by atoms with Gasteiger partial charge in [0.05, 0.1) is 5.56 Å². The van der Waals surface area contributed by atoms with Crippen LogP contribution in [-0.2, 0) is 0 Å². The molecule has 1 aromatic carbocycles. The largest absolute Gasteiger partial charge is 0.507 e. The van der Waals surface area contributed by atoms with E-state index in [4.69, 9.17) is 0 Å². The van der Waals surface area contributed by atoms with Crippen LogP contribution in [0.4, 0.5) is 4.39 Å². The SMILES string of the molecule is CC(C)(C)C(CCBr)NC(=O)c1ccc(F)cc1O. The minimum Gasteiger partial charge on any atom is -0.507 e. The van der Waals surface area contributed by atoms with Crippen LogP contribution >= 0.6 is 15.9 Å². The Morgan fingerprint density at radius 1 is 1.47 bits per heavy atom. The molecule has 0 fully saturated rings. The molecule has 1 unspecified atom stereocenters. The van der Waals surface area contributed by atoms with E-state index in [9.17, 15) is 14.3 Å². The monoisotopic (exact) mass is 331 g/mol. The van der Waals surface area contributed by atoms with Gasteiger partial charge >= 0.3 is 0 Å². The van der Waals surface area contributed by atoms with Crippen molar-refractivity contribution in [1.82, 2.24) is 5.32 Å². The van der Waals surface area contributed by atoms with Crippen LogP contribution in [0.3, 0.4) is 0 Å². The molecule has 1 aromatic rings. The molecule has 1 rings (SSSR count). The smallest absolute Gasteiger partial charge is 0.255 e. The maximum atomic E-state index is 12.9. The Labute approximate surface area is 121 Å². The van der Waals surface area contributed by atoms with E-state index in [1.54, 1.807) is 0 Å². The first kappa shape index (κ1) is 16.0. The van der Waals surface area contributed by atoms with Gasteiger partial charge in [-0.3, -0.25) is 4.79 Å². The van der Waals surface area contributed by atoms with Gasteiger partial charge in [-0.05, 0) is 24.0 Å². The first-order chi connectivity index (χ1) is 8.75. The quantitative estimate of drug-likeness (QED) is 0.830. The van der Waals surface area contributed by atoms with Gasteiger partial charge in [-0.2, -0.15) is 0 Å². The molecule has 0 aliphatic rings. The average Bonchev–Trinajstić information content (AvgIpc) is 2.26. The summed E-state index contributed by atoms with van der Waals surface area (Å²) in [5.41, 5.74) is -0.00997. The number of halogens is 2. The van der Waals surface area contributed by atoms with E-state index >= 15 is 0 Å². The number of amides is 1. The van der Waals surface area contributed by atoms with Crippen LogP contribution in [0, 0.1) is 11.2 Å². The van der Waals surface area contributed by atoms with Crippen molar-refractivity contribution >= 4 is 21.8 Å². The van der Waals surface area contributed by atoms with Gasteiger partial charge in [0.15, 0.2) is 0 Å². The van der Waals surface area contributed by atoms with Gasteiger partial charge < -0.3 is 10.4 Å². The lowest BCUT2D eigenvalue weighted by Gasteiger charge is -2.31. The molecule has 106 valence electrons. The average molecular weight is 332 g/mol. The molecule has 1 amide bonds. The molecule has 0 aromatic heterocycles. The van der Waals surface area contributed by atoms with Gasteiger partial charge in [0.2, 0.25) is 0 Å². The number of carbonyl (C=O) groups is 1. The number of nitrogens with one attached hydrogen (secondary N) is 1. The zero-order chi connectivity index (χ0) is 14.6. The van der Waals surface area contributed by atoms with E-state index in [0.29, 0.717) is 0 Å². The number of phenols is 1. The van der Waals surface area contributed by atoms with E-state index in [1.165, 1.54) is 6.07 Å². The molecular weight excluding hydrogens is 313 g/mol.